The zero-order chi connectivity index (χ0) is 27.2. The SMILES string of the molecule is CC(C)(C)Cn1cc([C@H](N[S@@](=O)C(C)(C)C)C(F)F)c2ccc(-c3c(F)cccc3C(F)(F)F)cc21. The lowest BCUT2D eigenvalue weighted by molar-refractivity contribution is -0.137. The van der Waals surface area contributed by atoms with E-state index in [0.29, 0.717) is 17.4 Å². The molecule has 198 valence electrons. The number of rotatable bonds is 6. The maximum Gasteiger partial charge on any atom is 0.417 e. The molecule has 1 N–H and O–H groups in total. The normalized spacial score (nSPS) is 15.0. The van der Waals surface area contributed by atoms with Crippen molar-refractivity contribution in [2.45, 2.75) is 71.5 Å². The molecule has 0 saturated heterocycles. The summed E-state index contributed by atoms with van der Waals surface area (Å²) in [5.74, 6) is -1.04. The Hall–Kier alpha value is -2.33. The summed E-state index contributed by atoms with van der Waals surface area (Å²) in [5, 5.41) is 0.358. The fourth-order valence-electron chi connectivity index (χ4n) is 3.96. The molecule has 0 radical (unpaired) electrons. The van der Waals surface area contributed by atoms with E-state index in [0.717, 1.165) is 18.2 Å². The fraction of sp³-hybridized carbons (Fsp3) is 0.462. The van der Waals surface area contributed by atoms with Gasteiger partial charge in [-0.25, -0.2) is 22.1 Å². The first-order valence-electron chi connectivity index (χ1n) is 11.4. The van der Waals surface area contributed by atoms with Crippen LogP contribution in [0, 0.1) is 11.2 Å². The van der Waals surface area contributed by atoms with Crippen LogP contribution in [0.15, 0.2) is 42.6 Å². The second-order valence-electron chi connectivity index (χ2n) is 11.0. The highest BCUT2D eigenvalue weighted by molar-refractivity contribution is 7.84. The Morgan fingerprint density at radius 1 is 1.00 bits per heavy atom. The van der Waals surface area contributed by atoms with Gasteiger partial charge in [-0.1, -0.05) is 39.0 Å². The average Bonchev–Trinajstić information content (AvgIpc) is 3.05. The highest BCUT2D eigenvalue weighted by Gasteiger charge is 2.36. The molecular formula is C26H30F6N2OS. The lowest BCUT2D eigenvalue weighted by Gasteiger charge is -2.24. The van der Waals surface area contributed by atoms with Crippen molar-refractivity contribution in [3.8, 4) is 11.1 Å². The van der Waals surface area contributed by atoms with Gasteiger partial charge in [0.25, 0.3) is 6.43 Å². The van der Waals surface area contributed by atoms with E-state index < -0.39 is 51.3 Å². The average molecular weight is 533 g/mol. The Morgan fingerprint density at radius 2 is 1.64 bits per heavy atom. The molecule has 0 bridgehead atoms. The van der Waals surface area contributed by atoms with Gasteiger partial charge in [0.2, 0.25) is 0 Å². The van der Waals surface area contributed by atoms with Crippen molar-refractivity contribution < 1.29 is 30.6 Å². The topological polar surface area (TPSA) is 34.0 Å². The first kappa shape index (κ1) is 28.2. The van der Waals surface area contributed by atoms with Gasteiger partial charge in [0.1, 0.15) is 11.9 Å². The van der Waals surface area contributed by atoms with Crippen LogP contribution in [-0.4, -0.2) is 19.9 Å². The fourth-order valence-corrected chi connectivity index (χ4v) is 4.78. The maximum absolute atomic E-state index is 14.7. The summed E-state index contributed by atoms with van der Waals surface area (Å²) in [6.07, 6.45) is -6.18. The number of benzene rings is 2. The number of halogens is 6. The third-order valence-electron chi connectivity index (χ3n) is 5.54. The molecule has 0 unspecified atom stereocenters. The van der Waals surface area contributed by atoms with Crippen molar-refractivity contribution >= 4 is 21.9 Å². The summed E-state index contributed by atoms with van der Waals surface area (Å²) < 4.78 is 100. The molecule has 3 aromatic rings. The van der Waals surface area contributed by atoms with Crippen LogP contribution in [-0.2, 0) is 23.7 Å². The highest BCUT2D eigenvalue weighted by atomic mass is 32.2. The van der Waals surface area contributed by atoms with Crippen molar-refractivity contribution in [2.75, 3.05) is 0 Å². The zero-order valence-corrected chi connectivity index (χ0v) is 21.8. The Balaban J connectivity index is 2.26. The minimum Gasteiger partial charge on any atom is -0.347 e. The van der Waals surface area contributed by atoms with Gasteiger partial charge >= 0.3 is 6.18 Å². The highest BCUT2D eigenvalue weighted by Crippen LogP contribution is 2.41. The molecule has 0 aliphatic carbocycles. The van der Waals surface area contributed by atoms with E-state index in [-0.39, 0.29) is 16.5 Å². The molecule has 2 aromatic carbocycles. The lowest BCUT2D eigenvalue weighted by Crippen LogP contribution is -2.38. The number of hydrogen-bond donors (Lipinski definition) is 1. The van der Waals surface area contributed by atoms with Gasteiger partial charge in [-0.15, -0.1) is 0 Å². The number of nitrogens with one attached hydrogen (secondary N) is 1. The number of fused-ring (bicyclic) bond motifs is 1. The Kier molecular flexibility index (Phi) is 7.73. The lowest BCUT2D eigenvalue weighted by atomic mass is 9.96. The predicted octanol–water partition coefficient (Wildman–Crippen LogP) is 7.87. The molecule has 0 aliphatic rings. The third-order valence-corrected chi connectivity index (χ3v) is 7.12. The standard InChI is InChI=1S/C26H30F6N2OS/c1-24(2,3)14-34-13-17(22(23(28)29)33-36(35)25(4,5)6)16-11-10-15(12-20(16)34)21-18(26(30,31)32)8-7-9-19(21)27/h7-13,22-23,33H,14H2,1-6H3/t22-,36-/m0/s1. The van der Waals surface area contributed by atoms with Gasteiger partial charge in [-0.05, 0) is 49.9 Å². The molecule has 1 heterocycles. The first-order chi connectivity index (χ1) is 16.4. The maximum atomic E-state index is 14.7. The van der Waals surface area contributed by atoms with Gasteiger partial charge in [0.05, 0.1) is 21.3 Å². The summed E-state index contributed by atoms with van der Waals surface area (Å²) in [7, 11) is -1.81. The molecular weight excluding hydrogens is 502 g/mol. The monoisotopic (exact) mass is 532 g/mol. The molecule has 0 aliphatic heterocycles. The summed E-state index contributed by atoms with van der Waals surface area (Å²) in [5.41, 5.74) is -1.51. The Morgan fingerprint density at radius 3 is 2.17 bits per heavy atom. The summed E-state index contributed by atoms with van der Waals surface area (Å²) >= 11 is 0. The Bertz CT molecular complexity index is 1270. The summed E-state index contributed by atoms with van der Waals surface area (Å²) in [6.45, 7) is 11.1. The molecule has 2 atom stereocenters. The smallest absolute Gasteiger partial charge is 0.347 e. The van der Waals surface area contributed by atoms with Crippen LogP contribution in [0.25, 0.3) is 22.0 Å². The van der Waals surface area contributed by atoms with Crippen molar-refractivity contribution in [3.63, 3.8) is 0 Å². The molecule has 0 fully saturated rings. The molecule has 0 amide bonds. The van der Waals surface area contributed by atoms with Crippen molar-refractivity contribution in [1.29, 1.82) is 0 Å². The van der Waals surface area contributed by atoms with Gasteiger partial charge in [-0.2, -0.15) is 13.2 Å². The van der Waals surface area contributed by atoms with Crippen LogP contribution in [0.1, 0.15) is 58.7 Å². The molecule has 0 spiro atoms. The quantitative estimate of drug-likeness (QED) is 0.322. The molecule has 3 nitrogen and oxygen atoms in total. The van der Waals surface area contributed by atoms with Gasteiger partial charge < -0.3 is 4.57 Å². The van der Waals surface area contributed by atoms with E-state index >= 15 is 0 Å². The van der Waals surface area contributed by atoms with E-state index in [4.69, 9.17) is 0 Å². The van der Waals surface area contributed by atoms with Crippen LogP contribution in [0.2, 0.25) is 0 Å². The van der Waals surface area contributed by atoms with E-state index in [9.17, 15) is 30.6 Å². The van der Waals surface area contributed by atoms with Crippen LogP contribution in [0.5, 0.6) is 0 Å². The van der Waals surface area contributed by atoms with Crippen LogP contribution < -0.4 is 4.72 Å². The Labute approximate surface area is 209 Å². The summed E-state index contributed by atoms with van der Waals surface area (Å²) in [6, 6.07) is 5.27. The predicted molar refractivity (Wildman–Crippen MR) is 132 cm³/mol. The molecule has 10 heteroatoms. The van der Waals surface area contributed by atoms with Gasteiger partial charge in [0.15, 0.2) is 0 Å². The number of hydrogen-bond acceptors (Lipinski definition) is 1. The second kappa shape index (κ2) is 9.85. The minimum absolute atomic E-state index is 0.0208. The zero-order valence-electron chi connectivity index (χ0n) is 20.9. The van der Waals surface area contributed by atoms with Crippen LogP contribution in [0.3, 0.4) is 0 Å². The van der Waals surface area contributed by atoms with Crippen LogP contribution >= 0.6 is 0 Å². The minimum atomic E-state index is -4.79. The van der Waals surface area contributed by atoms with Crippen LogP contribution in [0.4, 0.5) is 26.3 Å². The third kappa shape index (κ3) is 6.14. The van der Waals surface area contributed by atoms with Crippen molar-refractivity contribution in [3.05, 3.63) is 59.5 Å². The van der Waals surface area contributed by atoms with E-state index in [1.165, 1.54) is 24.4 Å². The van der Waals surface area contributed by atoms with Gasteiger partial charge in [0, 0.05) is 34.8 Å². The molecule has 0 saturated carbocycles. The molecule has 3 rings (SSSR count). The number of aromatic nitrogens is 1. The summed E-state index contributed by atoms with van der Waals surface area (Å²) in [4.78, 5) is 0. The van der Waals surface area contributed by atoms with E-state index in [2.05, 4.69) is 4.72 Å². The molecule has 1 aromatic heterocycles. The second-order valence-corrected chi connectivity index (χ2v) is 13.0. The van der Waals surface area contributed by atoms with Gasteiger partial charge in [-0.3, -0.25) is 0 Å². The van der Waals surface area contributed by atoms with Crippen molar-refractivity contribution in [1.82, 2.24) is 9.29 Å². The van der Waals surface area contributed by atoms with E-state index in [1.807, 2.05) is 20.8 Å². The van der Waals surface area contributed by atoms with Crippen molar-refractivity contribution in [2.24, 2.45) is 5.41 Å². The van der Waals surface area contributed by atoms with E-state index in [1.54, 1.807) is 25.3 Å². The number of alkyl halides is 5. The first-order valence-corrected chi connectivity index (χ1v) is 12.5. The largest absolute Gasteiger partial charge is 0.417 e. The molecule has 36 heavy (non-hydrogen) atoms. The number of nitrogens with zero attached hydrogens (tertiary/aromatic N) is 1.